The van der Waals surface area contributed by atoms with Gasteiger partial charge < -0.3 is 0 Å². The summed E-state index contributed by atoms with van der Waals surface area (Å²) in [4.78, 5) is -2.41. The molecule has 1 saturated carbocycles. The number of halogens is 6. The van der Waals surface area contributed by atoms with Crippen molar-refractivity contribution in [1.29, 1.82) is 0 Å². The van der Waals surface area contributed by atoms with Gasteiger partial charge in [0.15, 0.2) is 4.33 Å². The quantitative estimate of drug-likeness (QED) is 0.347. The van der Waals surface area contributed by atoms with Crippen molar-refractivity contribution in [3.8, 4) is 0 Å². The Morgan fingerprint density at radius 1 is 0.684 bits per heavy atom. The fourth-order valence-corrected chi connectivity index (χ4v) is 8.08. The molecule has 0 aromatic heterocycles. The van der Waals surface area contributed by atoms with Crippen LogP contribution >= 0.6 is 69.6 Å². The van der Waals surface area contributed by atoms with Crippen molar-refractivity contribution in [2.45, 2.75) is 41.8 Å². The molecule has 1 fully saturated rings. The van der Waals surface area contributed by atoms with Crippen molar-refractivity contribution in [3.05, 3.63) is 21.2 Å². The molecular formula is C13H12Cl6. The average Bonchev–Trinajstić information content (AvgIpc) is 2.51. The molecule has 106 valence electrons. The van der Waals surface area contributed by atoms with Gasteiger partial charge >= 0.3 is 0 Å². The predicted molar refractivity (Wildman–Crippen MR) is 84.9 cm³/mol. The van der Waals surface area contributed by atoms with Gasteiger partial charge in [0.05, 0.1) is 10.1 Å². The van der Waals surface area contributed by atoms with E-state index in [4.69, 9.17) is 69.6 Å². The van der Waals surface area contributed by atoms with Gasteiger partial charge in [-0.2, -0.15) is 0 Å². The fourth-order valence-electron chi connectivity index (χ4n) is 4.53. The highest BCUT2D eigenvalue weighted by Crippen LogP contribution is 2.90. The van der Waals surface area contributed by atoms with E-state index in [2.05, 4.69) is 0 Å². The third kappa shape index (κ3) is 0.932. The maximum atomic E-state index is 6.85. The van der Waals surface area contributed by atoms with Crippen LogP contribution in [0.25, 0.3) is 0 Å². The van der Waals surface area contributed by atoms with E-state index in [0.29, 0.717) is 0 Å². The SMILES string of the molecule is CC1=C(C)[C@]2(C)[C@]1(C)[C@@]1(Cl)C(Cl)=C(Cl)[C@@]2(Cl)C1(Cl)Cl. The van der Waals surface area contributed by atoms with Crippen LogP contribution in [0, 0.1) is 10.8 Å². The Bertz CT molecular complexity index is 542. The summed E-state index contributed by atoms with van der Waals surface area (Å²) in [5, 5.41) is 0.533. The van der Waals surface area contributed by atoms with Crippen LogP contribution in [0.5, 0.6) is 0 Å². The van der Waals surface area contributed by atoms with Gasteiger partial charge in [-0.05, 0) is 13.8 Å². The van der Waals surface area contributed by atoms with E-state index in [-0.39, 0.29) is 10.1 Å². The first-order valence-corrected chi connectivity index (χ1v) is 8.15. The van der Waals surface area contributed by atoms with Crippen LogP contribution in [0.2, 0.25) is 0 Å². The molecule has 3 aliphatic rings. The Morgan fingerprint density at radius 2 is 0.947 bits per heavy atom. The third-order valence-corrected chi connectivity index (χ3v) is 10.6. The van der Waals surface area contributed by atoms with E-state index in [9.17, 15) is 0 Å². The molecule has 4 atom stereocenters. The summed E-state index contributed by atoms with van der Waals surface area (Å²) in [5.41, 5.74) is 1.21. The average molecular weight is 381 g/mol. The van der Waals surface area contributed by atoms with Crippen molar-refractivity contribution in [2.24, 2.45) is 10.8 Å². The molecule has 0 radical (unpaired) electrons. The third-order valence-electron chi connectivity index (χ3n) is 6.10. The standard InChI is InChI=1S/C13H12Cl6/c1-5-6(2)10(4)9(5,3)11(16)7(14)8(15)12(10,17)13(11,18)19/h1-4H3/t9-,10-,11+,12+/m1/s1. The summed E-state index contributed by atoms with van der Waals surface area (Å²) in [5.74, 6) is 0. The van der Waals surface area contributed by atoms with Crippen molar-refractivity contribution in [2.75, 3.05) is 0 Å². The van der Waals surface area contributed by atoms with Gasteiger partial charge in [0.2, 0.25) is 0 Å². The summed E-state index contributed by atoms with van der Waals surface area (Å²) in [6.45, 7) is 8.06. The number of allylic oxidation sites excluding steroid dienone is 4. The van der Waals surface area contributed by atoms with E-state index in [1.165, 1.54) is 0 Å². The molecule has 0 aliphatic heterocycles. The largest absolute Gasteiger partial charge is 0.168 e. The van der Waals surface area contributed by atoms with Gasteiger partial charge in [-0.25, -0.2) is 0 Å². The van der Waals surface area contributed by atoms with E-state index in [1.54, 1.807) is 0 Å². The Hall–Kier alpha value is 1.22. The molecule has 0 nitrogen and oxygen atoms in total. The monoisotopic (exact) mass is 378 g/mol. The fraction of sp³-hybridized carbons (Fsp3) is 0.692. The summed E-state index contributed by atoms with van der Waals surface area (Å²) >= 11 is 39.7. The number of hydrogen-bond donors (Lipinski definition) is 0. The molecule has 0 aromatic carbocycles. The molecule has 19 heavy (non-hydrogen) atoms. The summed E-state index contributed by atoms with van der Waals surface area (Å²) < 4.78 is -1.47. The summed E-state index contributed by atoms with van der Waals surface area (Å²) in [6.07, 6.45) is 0. The lowest BCUT2D eigenvalue weighted by atomic mass is 9.44. The van der Waals surface area contributed by atoms with Crippen LogP contribution in [0.1, 0.15) is 27.7 Å². The number of alkyl halides is 4. The molecule has 0 aromatic rings. The van der Waals surface area contributed by atoms with Gasteiger partial charge in [0.1, 0.15) is 9.75 Å². The van der Waals surface area contributed by atoms with Crippen molar-refractivity contribution in [1.82, 2.24) is 0 Å². The summed E-state index contributed by atoms with van der Waals surface area (Å²) in [6, 6.07) is 0. The molecule has 2 bridgehead atoms. The van der Waals surface area contributed by atoms with E-state index >= 15 is 0 Å². The number of fused-ring (bicyclic) bond motifs is 5. The first-order chi connectivity index (χ1) is 8.38. The molecule has 0 saturated heterocycles. The van der Waals surface area contributed by atoms with Gasteiger partial charge in [-0.1, -0.05) is 71.4 Å². The maximum absolute atomic E-state index is 6.85. The van der Waals surface area contributed by atoms with Gasteiger partial charge in [0.25, 0.3) is 0 Å². The van der Waals surface area contributed by atoms with Crippen LogP contribution in [-0.4, -0.2) is 14.1 Å². The first kappa shape index (κ1) is 15.1. The normalized spacial score (nSPS) is 54.6. The van der Waals surface area contributed by atoms with Crippen LogP contribution in [0.3, 0.4) is 0 Å². The minimum absolute atomic E-state index is 0.266. The van der Waals surface area contributed by atoms with Gasteiger partial charge in [-0.3, -0.25) is 0 Å². The van der Waals surface area contributed by atoms with E-state index in [1.807, 2.05) is 27.7 Å². The van der Waals surface area contributed by atoms with Crippen LogP contribution in [0.4, 0.5) is 0 Å². The summed E-state index contributed by atoms with van der Waals surface area (Å²) in [7, 11) is 0. The second kappa shape index (κ2) is 3.42. The molecule has 0 N–H and O–H groups in total. The molecule has 6 heteroatoms. The van der Waals surface area contributed by atoms with Crippen molar-refractivity contribution < 1.29 is 0 Å². The highest BCUT2D eigenvalue weighted by atomic mass is 35.5. The maximum Gasteiger partial charge on any atom is 0.168 e. The van der Waals surface area contributed by atoms with Crippen LogP contribution < -0.4 is 0 Å². The molecular weight excluding hydrogens is 369 g/mol. The van der Waals surface area contributed by atoms with E-state index < -0.39 is 24.9 Å². The number of rotatable bonds is 0. The highest BCUT2D eigenvalue weighted by Gasteiger charge is 2.93. The first-order valence-electron chi connectivity index (χ1n) is 5.88. The zero-order valence-corrected chi connectivity index (χ0v) is 15.3. The molecule has 0 amide bonds. The second-order valence-corrected chi connectivity index (χ2v) is 9.24. The lowest BCUT2D eigenvalue weighted by Crippen LogP contribution is -2.61. The molecule has 3 aliphatic carbocycles. The predicted octanol–water partition coefficient (Wildman–Crippen LogP) is 6.19. The lowest BCUT2D eigenvalue weighted by molar-refractivity contribution is 0.0987. The lowest BCUT2D eigenvalue weighted by Gasteiger charge is -2.62. The zero-order chi connectivity index (χ0) is 14.8. The Balaban J connectivity index is 2.49. The van der Waals surface area contributed by atoms with Gasteiger partial charge in [0, 0.05) is 10.8 Å². The topological polar surface area (TPSA) is 0 Å². The minimum atomic E-state index is -1.47. The molecule has 3 rings (SSSR count). The van der Waals surface area contributed by atoms with Crippen molar-refractivity contribution in [3.63, 3.8) is 0 Å². The molecule has 0 heterocycles. The zero-order valence-electron chi connectivity index (χ0n) is 10.8. The van der Waals surface area contributed by atoms with Gasteiger partial charge in [-0.15, -0.1) is 23.2 Å². The minimum Gasteiger partial charge on any atom is -0.109 e. The number of hydrogen-bond acceptors (Lipinski definition) is 0. The Morgan fingerprint density at radius 3 is 1.21 bits per heavy atom. The van der Waals surface area contributed by atoms with E-state index in [0.717, 1.165) is 11.1 Å². The molecule has 0 unspecified atom stereocenters. The highest BCUT2D eigenvalue weighted by molar-refractivity contribution is 6.66. The van der Waals surface area contributed by atoms with Crippen molar-refractivity contribution >= 4 is 69.6 Å². The van der Waals surface area contributed by atoms with Crippen LogP contribution in [-0.2, 0) is 0 Å². The molecule has 0 spiro atoms. The second-order valence-electron chi connectivity index (χ2n) is 6.02. The smallest absolute Gasteiger partial charge is 0.109 e. The van der Waals surface area contributed by atoms with Crippen LogP contribution in [0.15, 0.2) is 21.2 Å². The Kier molecular flexibility index (Phi) is 2.72. The Labute approximate surface area is 143 Å².